The maximum absolute atomic E-state index is 12.3. The molecule has 0 aromatic carbocycles. The van der Waals surface area contributed by atoms with Gasteiger partial charge >= 0.3 is 0 Å². The Morgan fingerprint density at radius 3 is 2.89 bits per heavy atom. The molecule has 5 nitrogen and oxygen atoms in total. The van der Waals surface area contributed by atoms with Crippen molar-refractivity contribution in [3.8, 4) is 0 Å². The highest BCUT2D eigenvalue weighted by molar-refractivity contribution is 5.92. The average molecular weight is 250 g/mol. The van der Waals surface area contributed by atoms with Crippen LogP contribution in [-0.2, 0) is 7.05 Å². The van der Waals surface area contributed by atoms with Crippen molar-refractivity contribution in [3.05, 3.63) is 18.0 Å². The second-order valence-electron chi connectivity index (χ2n) is 5.14. The predicted octanol–water partition coefficient (Wildman–Crippen LogP) is 1.01. The molecule has 1 aliphatic rings. The van der Waals surface area contributed by atoms with Gasteiger partial charge in [-0.2, -0.15) is 5.10 Å². The first-order valence-electron chi connectivity index (χ1n) is 6.60. The standard InChI is InChI=1S/C13H22N4O/c1-16-8-7-11(15-16)13(18)17(2)12-6-4-3-5-10(12)9-14/h7-8,10,12H,3-6,9,14H2,1-2H3. The van der Waals surface area contributed by atoms with E-state index in [1.807, 2.05) is 19.0 Å². The molecule has 0 saturated heterocycles. The second-order valence-corrected chi connectivity index (χ2v) is 5.14. The highest BCUT2D eigenvalue weighted by Crippen LogP contribution is 2.27. The van der Waals surface area contributed by atoms with Crippen LogP contribution in [0.15, 0.2) is 12.3 Å². The summed E-state index contributed by atoms with van der Waals surface area (Å²) in [7, 11) is 3.69. The summed E-state index contributed by atoms with van der Waals surface area (Å²) in [6, 6.07) is 2.03. The van der Waals surface area contributed by atoms with Crippen LogP contribution in [0.2, 0.25) is 0 Å². The largest absolute Gasteiger partial charge is 0.337 e. The summed E-state index contributed by atoms with van der Waals surface area (Å²) in [5.74, 6) is 0.428. The highest BCUT2D eigenvalue weighted by atomic mass is 16.2. The van der Waals surface area contributed by atoms with Crippen LogP contribution in [0.3, 0.4) is 0 Å². The van der Waals surface area contributed by atoms with Gasteiger partial charge in [0.2, 0.25) is 0 Å². The van der Waals surface area contributed by atoms with Gasteiger partial charge in [0.15, 0.2) is 0 Å². The fourth-order valence-corrected chi connectivity index (χ4v) is 2.83. The lowest BCUT2D eigenvalue weighted by atomic mass is 9.83. The molecule has 2 N–H and O–H groups in total. The Morgan fingerprint density at radius 1 is 1.56 bits per heavy atom. The number of nitrogens with zero attached hydrogens (tertiary/aromatic N) is 3. The number of rotatable bonds is 3. The normalized spacial score (nSPS) is 23.9. The molecule has 1 saturated carbocycles. The summed E-state index contributed by atoms with van der Waals surface area (Å²) in [6.07, 6.45) is 6.38. The molecule has 1 fully saturated rings. The number of carbonyl (C=O) groups is 1. The number of aromatic nitrogens is 2. The van der Waals surface area contributed by atoms with Gasteiger partial charge in [-0.1, -0.05) is 12.8 Å². The molecule has 1 aliphatic carbocycles. The fourth-order valence-electron chi connectivity index (χ4n) is 2.83. The molecule has 1 amide bonds. The third-order valence-corrected chi connectivity index (χ3v) is 3.92. The van der Waals surface area contributed by atoms with E-state index >= 15 is 0 Å². The molecule has 0 aliphatic heterocycles. The number of amides is 1. The first-order chi connectivity index (χ1) is 8.63. The lowest BCUT2D eigenvalue weighted by molar-refractivity contribution is 0.0613. The molecule has 2 atom stereocenters. The first kappa shape index (κ1) is 13.1. The quantitative estimate of drug-likeness (QED) is 0.870. The van der Waals surface area contributed by atoms with Crippen LogP contribution >= 0.6 is 0 Å². The zero-order valence-electron chi connectivity index (χ0n) is 11.2. The van der Waals surface area contributed by atoms with E-state index < -0.39 is 0 Å². The fraction of sp³-hybridized carbons (Fsp3) is 0.692. The third kappa shape index (κ3) is 2.56. The lowest BCUT2D eigenvalue weighted by Crippen LogP contribution is -2.46. The van der Waals surface area contributed by atoms with E-state index in [0.717, 1.165) is 12.8 Å². The van der Waals surface area contributed by atoms with Crippen LogP contribution in [0, 0.1) is 5.92 Å². The molecule has 2 rings (SSSR count). The van der Waals surface area contributed by atoms with E-state index in [9.17, 15) is 4.79 Å². The molecule has 2 unspecified atom stereocenters. The Kier molecular flexibility index (Phi) is 4.01. The summed E-state index contributed by atoms with van der Waals surface area (Å²) in [5, 5.41) is 4.17. The Morgan fingerprint density at radius 2 is 2.28 bits per heavy atom. The van der Waals surface area contributed by atoms with Gasteiger partial charge in [0.05, 0.1) is 0 Å². The number of hydrogen-bond acceptors (Lipinski definition) is 3. The molecule has 1 aromatic heterocycles. The van der Waals surface area contributed by atoms with Gasteiger partial charge in [-0.05, 0) is 31.4 Å². The molecule has 5 heteroatoms. The Labute approximate surface area is 108 Å². The highest BCUT2D eigenvalue weighted by Gasteiger charge is 2.30. The topological polar surface area (TPSA) is 64.2 Å². The van der Waals surface area contributed by atoms with E-state index in [-0.39, 0.29) is 11.9 Å². The molecule has 0 radical (unpaired) electrons. The van der Waals surface area contributed by atoms with Crippen molar-refractivity contribution in [2.45, 2.75) is 31.7 Å². The SMILES string of the molecule is CN(C(=O)c1ccn(C)n1)C1CCCCC1CN. The molecular weight excluding hydrogens is 228 g/mol. The van der Waals surface area contributed by atoms with Crippen molar-refractivity contribution < 1.29 is 4.79 Å². The molecule has 1 aromatic rings. The molecular formula is C13H22N4O. The maximum atomic E-state index is 12.3. The second kappa shape index (κ2) is 5.52. The Balaban J connectivity index is 2.09. The van der Waals surface area contributed by atoms with Crippen LogP contribution in [0.5, 0.6) is 0 Å². The monoisotopic (exact) mass is 250 g/mol. The van der Waals surface area contributed by atoms with E-state index in [1.165, 1.54) is 12.8 Å². The van der Waals surface area contributed by atoms with Crippen molar-refractivity contribution in [2.24, 2.45) is 18.7 Å². The predicted molar refractivity (Wildman–Crippen MR) is 70.1 cm³/mol. The van der Waals surface area contributed by atoms with Gasteiger partial charge in [-0.15, -0.1) is 0 Å². The van der Waals surface area contributed by atoms with Crippen LogP contribution in [-0.4, -0.2) is 40.2 Å². The molecule has 0 spiro atoms. The van der Waals surface area contributed by atoms with Crippen LogP contribution in [0.4, 0.5) is 0 Å². The zero-order valence-corrected chi connectivity index (χ0v) is 11.2. The van der Waals surface area contributed by atoms with E-state index in [4.69, 9.17) is 5.73 Å². The van der Waals surface area contributed by atoms with Crippen LogP contribution < -0.4 is 5.73 Å². The summed E-state index contributed by atoms with van der Waals surface area (Å²) < 4.78 is 1.66. The van der Waals surface area contributed by atoms with E-state index in [0.29, 0.717) is 18.2 Å². The number of nitrogens with two attached hydrogens (primary N) is 1. The number of carbonyl (C=O) groups excluding carboxylic acids is 1. The summed E-state index contributed by atoms with van der Waals surface area (Å²) in [4.78, 5) is 14.2. The maximum Gasteiger partial charge on any atom is 0.274 e. The minimum Gasteiger partial charge on any atom is -0.337 e. The summed E-state index contributed by atoms with van der Waals surface area (Å²) in [5.41, 5.74) is 6.33. The minimum atomic E-state index is 0.000880. The van der Waals surface area contributed by atoms with E-state index in [1.54, 1.807) is 16.9 Å². The lowest BCUT2D eigenvalue weighted by Gasteiger charge is -2.37. The van der Waals surface area contributed by atoms with Gasteiger partial charge in [-0.25, -0.2) is 0 Å². The zero-order chi connectivity index (χ0) is 13.1. The molecule has 0 bridgehead atoms. The molecule has 100 valence electrons. The van der Waals surface area contributed by atoms with Crippen LogP contribution in [0.25, 0.3) is 0 Å². The van der Waals surface area contributed by atoms with Gasteiger partial charge in [0.1, 0.15) is 5.69 Å². The average Bonchev–Trinajstić information content (AvgIpc) is 2.83. The van der Waals surface area contributed by atoms with Gasteiger partial charge < -0.3 is 10.6 Å². The Bertz CT molecular complexity index is 415. The van der Waals surface area contributed by atoms with Gasteiger partial charge in [0.25, 0.3) is 5.91 Å². The van der Waals surface area contributed by atoms with Crippen molar-refractivity contribution >= 4 is 5.91 Å². The van der Waals surface area contributed by atoms with Crippen molar-refractivity contribution in [3.63, 3.8) is 0 Å². The minimum absolute atomic E-state index is 0.000880. The van der Waals surface area contributed by atoms with Crippen molar-refractivity contribution in [1.29, 1.82) is 0 Å². The van der Waals surface area contributed by atoms with Crippen LogP contribution in [0.1, 0.15) is 36.2 Å². The first-order valence-corrected chi connectivity index (χ1v) is 6.60. The number of hydrogen-bond donors (Lipinski definition) is 1. The number of aryl methyl sites for hydroxylation is 1. The van der Waals surface area contributed by atoms with E-state index in [2.05, 4.69) is 5.10 Å². The molecule has 18 heavy (non-hydrogen) atoms. The third-order valence-electron chi connectivity index (χ3n) is 3.92. The summed E-state index contributed by atoms with van der Waals surface area (Å²) >= 11 is 0. The molecule has 1 heterocycles. The van der Waals surface area contributed by atoms with Gasteiger partial charge in [0, 0.05) is 26.3 Å². The van der Waals surface area contributed by atoms with Crippen molar-refractivity contribution in [2.75, 3.05) is 13.6 Å². The summed E-state index contributed by atoms with van der Waals surface area (Å²) in [6.45, 7) is 0.657. The Hall–Kier alpha value is -1.36. The van der Waals surface area contributed by atoms with Gasteiger partial charge in [-0.3, -0.25) is 9.48 Å². The smallest absolute Gasteiger partial charge is 0.274 e. The van der Waals surface area contributed by atoms with Crippen molar-refractivity contribution in [1.82, 2.24) is 14.7 Å².